The van der Waals surface area contributed by atoms with Gasteiger partial charge >= 0.3 is 0 Å². The second-order valence-electron chi connectivity index (χ2n) is 5.48. The van der Waals surface area contributed by atoms with Crippen LogP contribution in [0.25, 0.3) is 0 Å². The van der Waals surface area contributed by atoms with E-state index in [1.54, 1.807) is 11.8 Å². The number of carbonyl (C=O) groups is 1. The number of amides is 1. The predicted molar refractivity (Wildman–Crippen MR) is 75.4 cm³/mol. The van der Waals surface area contributed by atoms with Gasteiger partial charge in [0.15, 0.2) is 0 Å². The van der Waals surface area contributed by atoms with Gasteiger partial charge in [-0.15, -0.1) is 0 Å². The Hall–Kier alpha value is -0.220. The summed E-state index contributed by atoms with van der Waals surface area (Å²) < 4.78 is 0. The lowest BCUT2D eigenvalue weighted by molar-refractivity contribution is -0.142. The Bertz CT molecular complexity index is 250. The molecule has 1 aliphatic heterocycles. The summed E-state index contributed by atoms with van der Waals surface area (Å²) in [6.45, 7) is 7.13. The Morgan fingerprint density at radius 3 is 2.76 bits per heavy atom. The third-order valence-corrected chi connectivity index (χ3v) is 4.44. The van der Waals surface area contributed by atoms with E-state index >= 15 is 0 Å². The van der Waals surface area contributed by atoms with E-state index in [1.807, 2.05) is 11.9 Å². The van der Waals surface area contributed by atoms with Crippen molar-refractivity contribution in [2.75, 3.05) is 38.7 Å². The third-order valence-electron chi connectivity index (χ3n) is 3.85. The molecule has 1 saturated heterocycles. The molecule has 1 heterocycles. The van der Waals surface area contributed by atoms with Gasteiger partial charge in [0.1, 0.15) is 0 Å². The molecule has 0 bridgehead atoms. The quantitative estimate of drug-likeness (QED) is 0.816. The van der Waals surface area contributed by atoms with Gasteiger partial charge in [0.2, 0.25) is 5.91 Å². The van der Waals surface area contributed by atoms with Crippen LogP contribution in [0.4, 0.5) is 0 Å². The molecule has 1 unspecified atom stereocenters. The van der Waals surface area contributed by atoms with Crippen molar-refractivity contribution in [1.29, 1.82) is 0 Å². The number of rotatable bonds is 5. The maximum Gasteiger partial charge on any atom is 0.228 e. The first kappa shape index (κ1) is 14.8. The number of piperidine rings is 1. The number of nitrogens with zero attached hydrogens (tertiary/aromatic N) is 1. The van der Waals surface area contributed by atoms with Crippen LogP contribution in [0.15, 0.2) is 0 Å². The molecule has 4 heteroatoms. The Balaban J connectivity index is 2.57. The van der Waals surface area contributed by atoms with Crippen LogP contribution >= 0.6 is 11.8 Å². The number of hydrogen-bond acceptors (Lipinski definition) is 3. The average Bonchev–Trinajstić information content (AvgIpc) is 2.36. The van der Waals surface area contributed by atoms with E-state index in [-0.39, 0.29) is 5.41 Å². The largest absolute Gasteiger partial charge is 0.344 e. The van der Waals surface area contributed by atoms with Gasteiger partial charge in [0.25, 0.3) is 0 Å². The third kappa shape index (κ3) is 3.88. The fourth-order valence-electron chi connectivity index (χ4n) is 2.46. The summed E-state index contributed by atoms with van der Waals surface area (Å²) in [7, 11) is 1.93. The monoisotopic (exact) mass is 258 g/mol. The van der Waals surface area contributed by atoms with Gasteiger partial charge in [-0.25, -0.2) is 0 Å². The van der Waals surface area contributed by atoms with Crippen LogP contribution < -0.4 is 5.32 Å². The van der Waals surface area contributed by atoms with Gasteiger partial charge in [0, 0.05) is 24.8 Å². The summed E-state index contributed by atoms with van der Waals surface area (Å²) in [6, 6.07) is 0. The zero-order valence-corrected chi connectivity index (χ0v) is 12.4. The molecule has 0 radical (unpaired) electrons. The molecule has 1 atom stereocenters. The van der Waals surface area contributed by atoms with Crippen molar-refractivity contribution in [2.45, 2.75) is 26.7 Å². The highest BCUT2D eigenvalue weighted by atomic mass is 32.2. The van der Waals surface area contributed by atoms with E-state index in [2.05, 4.69) is 25.4 Å². The maximum atomic E-state index is 12.5. The number of hydrogen-bond donors (Lipinski definition) is 1. The zero-order chi connectivity index (χ0) is 12.9. The molecular weight excluding hydrogens is 232 g/mol. The van der Waals surface area contributed by atoms with Crippen LogP contribution in [0.1, 0.15) is 26.7 Å². The molecule has 1 aliphatic rings. The molecule has 1 fully saturated rings. The first-order chi connectivity index (χ1) is 8.00. The highest BCUT2D eigenvalue weighted by Crippen LogP contribution is 2.33. The molecule has 17 heavy (non-hydrogen) atoms. The lowest BCUT2D eigenvalue weighted by Crippen LogP contribution is -2.48. The Kier molecular flexibility index (Phi) is 5.80. The minimum absolute atomic E-state index is 0.236. The van der Waals surface area contributed by atoms with Crippen molar-refractivity contribution < 1.29 is 4.79 Å². The number of nitrogens with one attached hydrogen (secondary N) is 1. The first-order valence-electron chi connectivity index (χ1n) is 6.45. The van der Waals surface area contributed by atoms with Gasteiger partial charge in [-0.2, -0.15) is 11.8 Å². The van der Waals surface area contributed by atoms with E-state index < -0.39 is 0 Å². The van der Waals surface area contributed by atoms with E-state index in [0.717, 1.165) is 25.4 Å². The average molecular weight is 258 g/mol. The molecule has 0 aliphatic carbocycles. The van der Waals surface area contributed by atoms with Crippen LogP contribution in [-0.4, -0.2) is 49.5 Å². The molecule has 1 N–H and O–H groups in total. The Morgan fingerprint density at radius 1 is 1.53 bits per heavy atom. The molecule has 3 nitrogen and oxygen atoms in total. The highest BCUT2D eigenvalue weighted by molar-refractivity contribution is 7.98. The second-order valence-corrected chi connectivity index (χ2v) is 6.47. The molecule has 1 amide bonds. The van der Waals surface area contributed by atoms with Crippen molar-refractivity contribution >= 4 is 17.7 Å². The SMILES string of the molecule is CSCCN(C)C(=O)C(C)(C)C1CCCNC1. The summed E-state index contributed by atoms with van der Waals surface area (Å²) in [5.41, 5.74) is -0.236. The molecule has 1 rings (SSSR count). The van der Waals surface area contributed by atoms with Crippen LogP contribution in [0.5, 0.6) is 0 Å². The van der Waals surface area contributed by atoms with Crippen LogP contribution in [-0.2, 0) is 4.79 Å². The molecule has 0 spiro atoms. The molecule has 0 aromatic carbocycles. The Labute approximate surface area is 110 Å². The fourth-order valence-corrected chi connectivity index (χ4v) is 2.92. The van der Waals surface area contributed by atoms with Gasteiger partial charge in [-0.1, -0.05) is 13.8 Å². The van der Waals surface area contributed by atoms with Crippen LogP contribution in [0.3, 0.4) is 0 Å². The van der Waals surface area contributed by atoms with E-state index in [1.165, 1.54) is 12.8 Å². The molecular formula is C13H26N2OS. The minimum atomic E-state index is -0.236. The lowest BCUT2D eigenvalue weighted by atomic mass is 9.74. The van der Waals surface area contributed by atoms with E-state index in [0.29, 0.717) is 11.8 Å². The van der Waals surface area contributed by atoms with Crippen molar-refractivity contribution in [2.24, 2.45) is 11.3 Å². The zero-order valence-electron chi connectivity index (χ0n) is 11.6. The van der Waals surface area contributed by atoms with Crippen molar-refractivity contribution in [3.63, 3.8) is 0 Å². The summed E-state index contributed by atoms with van der Waals surface area (Å²) in [4.78, 5) is 14.4. The predicted octanol–water partition coefficient (Wildman–Crippen LogP) is 1.83. The van der Waals surface area contributed by atoms with Gasteiger partial charge in [-0.05, 0) is 38.1 Å². The summed E-state index contributed by atoms with van der Waals surface area (Å²) in [6.07, 6.45) is 4.44. The van der Waals surface area contributed by atoms with Crippen LogP contribution in [0.2, 0.25) is 0 Å². The first-order valence-corrected chi connectivity index (χ1v) is 7.84. The molecule has 0 aromatic heterocycles. The highest BCUT2D eigenvalue weighted by Gasteiger charge is 2.38. The molecule has 0 aromatic rings. The summed E-state index contributed by atoms with van der Waals surface area (Å²) in [5.74, 6) is 1.78. The molecule has 0 saturated carbocycles. The van der Waals surface area contributed by atoms with Gasteiger partial charge in [0.05, 0.1) is 0 Å². The van der Waals surface area contributed by atoms with Gasteiger partial charge < -0.3 is 10.2 Å². The topological polar surface area (TPSA) is 32.3 Å². The van der Waals surface area contributed by atoms with E-state index in [9.17, 15) is 4.79 Å². The smallest absolute Gasteiger partial charge is 0.228 e. The molecule has 100 valence electrons. The van der Waals surface area contributed by atoms with Crippen molar-refractivity contribution in [3.8, 4) is 0 Å². The minimum Gasteiger partial charge on any atom is -0.344 e. The van der Waals surface area contributed by atoms with Gasteiger partial charge in [-0.3, -0.25) is 4.79 Å². The lowest BCUT2D eigenvalue weighted by Gasteiger charge is -2.38. The second kappa shape index (κ2) is 6.64. The van der Waals surface area contributed by atoms with Crippen LogP contribution in [0, 0.1) is 11.3 Å². The summed E-state index contributed by atoms with van der Waals surface area (Å²) in [5, 5.41) is 3.40. The van der Waals surface area contributed by atoms with Crippen molar-refractivity contribution in [1.82, 2.24) is 10.2 Å². The van der Waals surface area contributed by atoms with Crippen molar-refractivity contribution in [3.05, 3.63) is 0 Å². The fraction of sp³-hybridized carbons (Fsp3) is 0.923. The maximum absolute atomic E-state index is 12.5. The number of thioether (sulfide) groups is 1. The number of carbonyl (C=O) groups excluding carboxylic acids is 1. The standard InChI is InChI=1S/C13H26N2OS/c1-13(2,11-6-5-7-14-10-11)12(16)15(3)8-9-17-4/h11,14H,5-10H2,1-4H3. The normalized spacial score (nSPS) is 21.3. The Morgan fingerprint density at radius 2 is 2.24 bits per heavy atom. The van der Waals surface area contributed by atoms with E-state index in [4.69, 9.17) is 0 Å². The summed E-state index contributed by atoms with van der Waals surface area (Å²) >= 11 is 1.79.